The lowest BCUT2D eigenvalue weighted by Crippen LogP contribution is -2.48. The molecule has 134 valence electrons. The minimum atomic E-state index is 0.233. The monoisotopic (exact) mass is 359 g/mol. The second-order valence-corrected chi connectivity index (χ2v) is 8.09. The number of fused-ring (bicyclic) bond motifs is 1. The number of hydrogen-bond donors (Lipinski definition) is 0. The number of hydrogen-bond acceptors (Lipinski definition) is 5. The summed E-state index contributed by atoms with van der Waals surface area (Å²) < 4.78 is 5.26. The molecule has 1 saturated heterocycles. The number of amides is 1. The Bertz CT molecular complexity index is 752. The average molecular weight is 359 g/mol. The number of nitrogens with zero attached hydrogens (tertiary/aromatic N) is 3. The SMILES string of the molecule is Cc1noc(C)c1CN1CCN(C(=O)c2csc3c2CCCC3)CC1. The van der Waals surface area contributed by atoms with Crippen molar-refractivity contribution in [3.63, 3.8) is 0 Å². The van der Waals surface area contributed by atoms with Crippen LogP contribution in [0.1, 0.15) is 50.7 Å². The molecule has 0 aromatic carbocycles. The van der Waals surface area contributed by atoms with Gasteiger partial charge in [-0.3, -0.25) is 9.69 Å². The molecule has 0 radical (unpaired) electrons. The normalized spacial score (nSPS) is 18.4. The Kier molecular flexibility index (Phi) is 4.65. The van der Waals surface area contributed by atoms with Crippen molar-refractivity contribution >= 4 is 17.2 Å². The van der Waals surface area contributed by atoms with Crippen molar-refractivity contribution in [2.24, 2.45) is 0 Å². The molecule has 1 aliphatic carbocycles. The van der Waals surface area contributed by atoms with Gasteiger partial charge in [0.05, 0.1) is 11.3 Å². The molecule has 0 spiro atoms. The lowest BCUT2D eigenvalue weighted by Gasteiger charge is -2.34. The third-order valence-corrected chi connectivity index (χ3v) is 6.60. The first-order valence-corrected chi connectivity index (χ1v) is 10.0. The lowest BCUT2D eigenvalue weighted by molar-refractivity contribution is 0.0627. The predicted octanol–water partition coefficient (Wildman–Crippen LogP) is 3.19. The zero-order valence-corrected chi connectivity index (χ0v) is 15.8. The van der Waals surface area contributed by atoms with Crippen LogP contribution in [0.25, 0.3) is 0 Å². The highest BCUT2D eigenvalue weighted by Crippen LogP contribution is 2.31. The van der Waals surface area contributed by atoms with Gasteiger partial charge in [-0.1, -0.05) is 5.16 Å². The van der Waals surface area contributed by atoms with E-state index in [0.29, 0.717) is 0 Å². The maximum Gasteiger partial charge on any atom is 0.255 e. The molecule has 1 aliphatic heterocycles. The second kappa shape index (κ2) is 6.92. The molecule has 2 aromatic rings. The maximum absolute atomic E-state index is 13.0. The highest BCUT2D eigenvalue weighted by Gasteiger charge is 2.27. The zero-order valence-electron chi connectivity index (χ0n) is 15.0. The molecule has 0 unspecified atom stereocenters. The maximum atomic E-state index is 13.0. The number of piperazine rings is 1. The van der Waals surface area contributed by atoms with Gasteiger partial charge in [0.2, 0.25) is 0 Å². The molecule has 6 heteroatoms. The first kappa shape index (κ1) is 16.8. The van der Waals surface area contributed by atoms with Gasteiger partial charge in [-0.25, -0.2) is 0 Å². The minimum Gasteiger partial charge on any atom is -0.361 e. The summed E-state index contributed by atoms with van der Waals surface area (Å²) in [4.78, 5) is 18.8. The van der Waals surface area contributed by atoms with Gasteiger partial charge in [-0.05, 0) is 45.1 Å². The Morgan fingerprint density at radius 3 is 2.68 bits per heavy atom. The Labute approximate surface area is 152 Å². The summed E-state index contributed by atoms with van der Waals surface area (Å²) in [6.45, 7) is 8.22. The highest BCUT2D eigenvalue weighted by molar-refractivity contribution is 7.10. The van der Waals surface area contributed by atoms with Crippen molar-refractivity contribution in [2.75, 3.05) is 26.2 Å². The van der Waals surface area contributed by atoms with Gasteiger partial charge in [0.25, 0.3) is 5.91 Å². The van der Waals surface area contributed by atoms with Crippen molar-refractivity contribution in [3.05, 3.63) is 38.4 Å². The Balaban J connectivity index is 1.39. The van der Waals surface area contributed by atoms with Crippen LogP contribution in [0.4, 0.5) is 0 Å². The lowest BCUT2D eigenvalue weighted by atomic mass is 9.95. The number of aromatic nitrogens is 1. The average Bonchev–Trinajstić information content (AvgIpc) is 3.20. The van der Waals surface area contributed by atoms with E-state index >= 15 is 0 Å². The topological polar surface area (TPSA) is 49.6 Å². The van der Waals surface area contributed by atoms with Gasteiger partial charge in [0.1, 0.15) is 5.76 Å². The molecular formula is C19H25N3O2S. The molecule has 0 saturated carbocycles. The standard InChI is InChI=1S/C19H25N3O2S/c1-13-16(14(2)24-20-13)11-21-7-9-22(10-8-21)19(23)17-12-25-18-6-4-3-5-15(17)18/h12H,3-11H2,1-2H3. The second-order valence-electron chi connectivity index (χ2n) is 7.13. The van der Waals surface area contributed by atoms with Gasteiger partial charge in [-0.15, -0.1) is 11.3 Å². The van der Waals surface area contributed by atoms with Crippen LogP contribution >= 0.6 is 11.3 Å². The number of aryl methyl sites for hydroxylation is 3. The summed E-state index contributed by atoms with van der Waals surface area (Å²) in [5, 5.41) is 6.13. The van der Waals surface area contributed by atoms with Crippen molar-refractivity contribution < 1.29 is 9.32 Å². The number of carbonyl (C=O) groups excluding carboxylic acids is 1. The molecule has 0 bridgehead atoms. The fourth-order valence-corrected chi connectivity index (χ4v) is 5.02. The fraction of sp³-hybridized carbons (Fsp3) is 0.579. The molecule has 4 rings (SSSR count). The van der Waals surface area contributed by atoms with Crippen molar-refractivity contribution in [2.45, 2.75) is 46.1 Å². The summed E-state index contributed by atoms with van der Waals surface area (Å²) in [6.07, 6.45) is 4.71. The molecule has 0 N–H and O–H groups in total. The van der Waals surface area contributed by atoms with E-state index in [0.717, 1.165) is 62.6 Å². The number of rotatable bonds is 3. The fourth-order valence-electron chi connectivity index (χ4n) is 3.90. The summed E-state index contributed by atoms with van der Waals surface area (Å²) >= 11 is 1.78. The van der Waals surface area contributed by atoms with E-state index in [-0.39, 0.29) is 5.91 Å². The third-order valence-electron chi connectivity index (χ3n) is 5.51. The Morgan fingerprint density at radius 2 is 1.96 bits per heavy atom. The summed E-state index contributed by atoms with van der Waals surface area (Å²) in [5.41, 5.74) is 4.46. The van der Waals surface area contributed by atoms with E-state index in [1.807, 2.05) is 18.7 Å². The van der Waals surface area contributed by atoms with Crippen molar-refractivity contribution in [1.82, 2.24) is 15.0 Å². The Morgan fingerprint density at radius 1 is 1.20 bits per heavy atom. The highest BCUT2D eigenvalue weighted by atomic mass is 32.1. The zero-order chi connectivity index (χ0) is 17.4. The molecule has 1 amide bonds. The third kappa shape index (κ3) is 3.25. The van der Waals surface area contributed by atoms with Crippen LogP contribution in [0.15, 0.2) is 9.90 Å². The van der Waals surface area contributed by atoms with Crippen LogP contribution in [0.5, 0.6) is 0 Å². The summed E-state index contributed by atoms with van der Waals surface area (Å²) in [7, 11) is 0. The van der Waals surface area contributed by atoms with Gasteiger partial charge < -0.3 is 9.42 Å². The molecule has 2 aliphatic rings. The molecular weight excluding hydrogens is 334 g/mol. The van der Waals surface area contributed by atoms with E-state index in [2.05, 4.69) is 15.4 Å². The van der Waals surface area contributed by atoms with Crippen molar-refractivity contribution in [3.8, 4) is 0 Å². The minimum absolute atomic E-state index is 0.233. The van der Waals surface area contributed by atoms with Crippen LogP contribution in [0.2, 0.25) is 0 Å². The summed E-state index contributed by atoms with van der Waals surface area (Å²) in [5.74, 6) is 1.14. The molecule has 5 nitrogen and oxygen atoms in total. The summed E-state index contributed by atoms with van der Waals surface area (Å²) in [6, 6.07) is 0. The smallest absolute Gasteiger partial charge is 0.255 e. The molecule has 3 heterocycles. The van der Waals surface area contributed by atoms with E-state index in [1.165, 1.54) is 28.8 Å². The van der Waals surface area contributed by atoms with Gasteiger partial charge in [0.15, 0.2) is 0 Å². The molecule has 2 aromatic heterocycles. The molecule has 25 heavy (non-hydrogen) atoms. The first-order chi connectivity index (χ1) is 12.1. The van der Waals surface area contributed by atoms with E-state index in [9.17, 15) is 4.79 Å². The van der Waals surface area contributed by atoms with Gasteiger partial charge >= 0.3 is 0 Å². The molecule has 0 atom stereocenters. The van der Waals surface area contributed by atoms with Crippen LogP contribution in [0, 0.1) is 13.8 Å². The van der Waals surface area contributed by atoms with E-state index in [1.54, 1.807) is 11.3 Å². The van der Waals surface area contributed by atoms with Gasteiger partial charge in [-0.2, -0.15) is 0 Å². The van der Waals surface area contributed by atoms with Crippen molar-refractivity contribution in [1.29, 1.82) is 0 Å². The Hall–Kier alpha value is -1.66. The largest absolute Gasteiger partial charge is 0.361 e. The predicted molar refractivity (Wildman–Crippen MR) is 98.1 cm³/mol. The van der Waals surface area contributed by atoms with Gasteiger partial charge in [0, 0.05) is 48.5 Å². The first-order valence-electron chi connectivity index (χ1n) is 9.16. The van der Waals surface area contributed by atoms with Crippen LogP contribution in [0.3, 0.4) is 0 Å². The van der Waals surface area contributed by atoms with Crippen LogP contribution < -0.4 is 0 Å². The number of thiophene rings is 1. The van der Waals surface area contributed by atoms with E-state index in [4.69, 9.17) is 4.52 Å². The van der Waals surface area contributed by atoms with Crippen LogP contribution in [-0.2, 0) is 19.4 Å². The quantitative estimate of drug-likeness (QED) is 0.844. The molecule has 1 fully saturated rings. The van der Waals surface area contributed by atoms with Crippen LogP contribution in [-0.4, -0.2) is 47.0 Å². The van der Waals surface area contributed by atoms with E-state index < -0.39 is 0 Å². The number of carbonyl (C=O) groups is 1.